The van der Waals surface area contributed by atoms with Gasteiger partial charge in [0.05, 0.1) is 11.5 Å². The summed E-state index contributed by atoms with van der Waals surface area (Å²) in [6, 6.07) is 9.80. The molecule has 1 aromatic carbocycles. The Morgan fingerprint density at radius 2 is 1.81 bits per heavy atom. The molecule has 0 aromatic heterocycles. The molecule has 0 fully saturated rings. The van der Waals surface area contributed by atoms with E-state index in [1.807, 2.05) is 56.0 Å². The number of benzene rings is 1. The molecule has 0 bridgehead atoms. The van der Waals surface area contributed by atoms with Crippen LogP contribution in [0.2, 0.25) is 0 Å². The van der Waals surface area contributed by atoms with Crippen LogP contribution in [-0.2, 0) is 16.0 Å². The van der Waals surface area contributed by atoms with Gasteiger partial charge in [-0.15, -0.1) is 0 Å². The van der Waals surface area contributed by atoms with E-state index in [-0.39, 0.29) is 12.3 Å². The fraction of sp³-hybridized carbons (Fsp3) is 0.538. The molecule has 2 amide bonds. The fourth-order valence-electron chi connectivity index (χ4n) is 4.54. The van der Waals surface area contributed by atoms with Gasteiger partial charge in [0, 0.05) is 31.1 Å². The summed E-state index contributed by atoms with van der Waals surface area (Å²) in [5.41, 5.74) is 6.45. The summed E-state index contributed by atoms with van der Waals surface area (Å²) in [4.78, 5) is 28.1. The number of aliphatic hydroxyl groups excluding tert-OH is 1. The number of likely N-dealkylation sites (N-methyl/N-ethyl adjacent to an activating group) is 1. The van der Waals surface area contributed by atoms with Gasteiger partial charge in [-0.1, -0.05) is 69.3 Å². The largest absolute Gasteiger partial charge is 0.391 e. The van der Waals surface area contributed by atoms with Crippen LogP contribution in [0.1, 0.15) is 45.6 Å². The molecule has 176 valence electrons. The van der Waals surface area contributed by atoms with Crippen molar-refractivity contribution in [2.45, 2.75) is 52.6 Å². The van der Waals surface area contributed by atoms with Crippen LogP contribution in [0, 0.1) is 11.3 Å². The number of carbonyl (C=O) groups is 2. The molecule has 2 rings (SSSR count). The van der Waals surface area contributed by atoms with E-state index in [0.717, 1.165) is 18.4 Å². The van der Waals surface area contributed by atoms with Gasteiger partial charge in [0.15, 0.2) is 0 Å². The van der Waals surface area contributed by atoms with Crippen molar-refractivity contribution in [3.05, 3.63) is 59.7 Å². The summed E-state index contributed by atoms with van der Waals surface area (Å²) in [6.07, 6.45) is 6.95. The fourth-order valence-corrected chi connectivity index (χ4v) is 4.54. The van der Waals surface area contributed by atoms with Crippen molar-refractivity contribution >= 4 is 11.8 Å². The average Bonchev–Trinajstić information content (AvgIpc) is 2.81. The monoisotopic (exact) mass is 441 g/mol. The third kappa shape index (κ3) is 6.30. The van der Waals surface area contributed by atoms with Crippen LogP contribution in [-0.4, -0.2) is 54.1 Å². The molecule has 0 radical (unpaired) electrons. The van der Waals surface area contributed by atoms with Crippen molar-refractivity contribution in [2.24, 2.45) is 17.1 Å². The maximum Gasteiger partial charge on any atom is 0.249 e. The van der Waals surface area contributed by atoms with Crippen LogP contribution in [0.3, 0.4) is 0 Å². The highest BCUT2D eigenvalue weighted by molar-refractivity contribution is 5.96. The summed E-state index contributed by atoms with van der Waals surface area (Å²) < 4.78 is 0. The van der Waals surface area contributed by atoms with Crippen LogP contribution >= 0.6 is 0 Å². The predicted octanol–water partition coefficient (Wildman–Crippen LogP) is 2.82. The molecular weight excluding hydrogens is 402 g/mol. The van der Waals surface area contributed by atoms with Gasteiger partial charge in [-0.3, -0.25) is 9.59 Å². The molecule has 1 aromatic rings. The quantitative estimate of drug-likeness (QED) is 0.439. The van der Waals surface area contributed by atoms with Gasteiger partial charge in [0.2, 0.25) is 11.8 Å². The molecule has 6 heteroatoms. The van der Waals surface area contributed by atoms with Crippen molar-refractivity contribution in [2.75, 3.05) is 26.2 Å². The maximum absolute atomic E-state index is 13.3. The van der Waals surface area contributed by atoms with E-state index in [0.29, 0.717) is 38.2 Å². The first-order valence-corrected chi connectivity index (χ1v) is 11.8. The van der Waals surface area contributed by atoms with E-state index in [9.17, 15) is 14.7 Å². The highest BCUT2D eigenvalue weighted by atomic mass is 16.3. The van der Waals surface area contributed by atoms with Crippen molar-refractivity contribution in [1.29, 1.82) is 0 Å². The number of amides is 2. The van der Waals surface area contributed by atoms with Gasteiger partial charge in [0.25, 0.3) is 0 Å². The second kappa shape index (κ2) is 12.6. The van der Waals surface area contributed by atoms with Crippen LogP contribution in [0.5, 0.6) is 0 Å². The SMILES string of the molecule is CCCN(CCC)C(=O)C1=CC=CC(C(N)=O)([C@H](Cc2ccccc2)[C@@H](O)CNCC)C1. The van der Waals surface area contributed by atoms with E-state index in [1.165, 1.54) is 0 Å². The second-order valence-corrected chi connectivity index (χ2v) is 8.60. The Morgan fingerprint density at radius 3 is 2.38 bits per heavy atom. The van der Waals surface area contributed by atoms with Gasteiger partial charge in [-0.25, -0.2) is 0 Å². The summed E-state index contributed by atoms with van der Waals surface area (Å²) in [5.74, 6) is -1.04. The molecule has 0 saturated carbocycles. The Labute approximate surface area is 192 Å². The normalized spacial score (nSPS) is 19.8. The first-order valence-electron chi connectivity index (χ1n) is 11.8. The molecule has 0 heterocycles. The molecule has 1 aliphatic rings. The molecular formula is C26H39N3O3. The Balaban J connectivity index is 2.41. The third-order valence-corrected chi connectivity index (χ3v) is 6.21. The van der Waals surface area contributed by atoms with E-state index in [2.05, 4.69) is 5.32 Å². The van der Waals surface area contributed by atoms with Gasteiger partial charge in [0.1, 0.15) is 0 Å². The van der Waals surface area contributed by atoms with Crippen molar-refractivity contribution in [3.63, 3.8) is 0 Å². The molecule has 0 spiro atoms. The van der Waals surface area contributed by atoms with Gasteiger partial charge in [-0.2, -0.15) is 0 Å². The van der Waals surface area contributed by atoms with Gasteiger partial charge >= 0.3 is 0 Å². The Morgan fingerprint density at radius 1 is 1.16 bits per heavy atom. The molecule has 4 N–H and O–H groups in total. The smallest absolute Gasteiger partial charge is 0.249 e. The van der Waals surface area contributed by atoms with Crippen LogP contribution in [0.4, 0.5) is 0 Å². The molecule has 1 unspecified atom stereocenters. The second-order valence-electron chi connectivity index (χ2n) is 8.60. The minimum atomic E-state index is -1.14. The predicted molar refractivity (Wildman–Crippen MR) is 129 cm³/mol. The van der Waals surface area contributed by atoms with E-state index in [4.69, 9.17) is 5.73 Å². The minimum absolute atomic E-state index is 0.0525. The standard InChI is InChI=1S/C26H39N3O3/c1-4-15-29(16-5-2)24(31)21-13-10-14-26(18-21,25(27)32)22(23(30)19-28-6-3)17-20-11-8-7-9-12-20/h7-14,22-23,28,30H,4-6,15-19H2,1-3H3,(H2,27,32)/t22-,23+,26?/m1/s1. The summed E-state index contributed by atoms with van der Waals surface area (Å²) >= 11 is 0. The Bertz CT molecular complexity index is 800. The van der Waals surface area contributed by atoms with Gasteiger partial charge in [-0.05, 0) is 37.8 Å². The zero-order valence-electron chi connectivity index (χ0n) is 19.7. The van der Waals surface area contributed by atoms with E-state index < -0.39 is 23.3 Å². The Hall–Kier alpha value is -2.44. The van der Waals surface area contributed by atoms with Crippen LogP contribution in [0.25, 0.3) is 0 Å². The summed E-state index contributed by atoms with van der Waals surface area (Å²) in [7, 11) is 0. The number of aliphatic hydroxyl groups is 1. The van der Waals surface area contributed by atoms with Crippen molar-refractivity contribution < 1.29 is 14.7 Å². The zero-order valence-corrected chi connectivity index (χ0v) is 19.7. The van der Waals surface area contributed by atoms with Gasteiger partial charge < -0.3 is 21.1 Å². The number of nitrogens with two attached hydrogens (primary N) is 1. The number of carbonyl (C=O) groups excluding carboxylic acids is 2. The van der Waals surface area contributed by atoms with Crippen LogP contribution < -0.4 is 11.1 Å². The summed E-state index contributed by atoms with van der Waals surface area (Å²) in [5, 5.41) is 14.3. The molecule has 32 heavy (non-hydrogen) atoms. The lowest BCUT2D eigenvalue weighted by molar-refractivity contribution is -0.132. The van der Waals surface area contributed by atoms with Crippen molar-refractivity contribution in [1.82, 2.24) is 10.2 Å². The topological polar surface area (TPSA) is 95.7 Å². The minimum Gasteiger partial charge on any atom is -0.391 e. The molecule has 3 atom stereocenters. The third-order valence-electron chi connectivity index (χ3n) is 6.21. The lowest BCUT2D eigenvalue weighted by atomic mass is 9.64. The highest BCUT2D eigenvalue weighted by Crippen LogP contribution is 2.42. The molecule has 0 saturated heterocycles. The number of hydrogen-bond donors (Lipinski definition) is 3. The first-order chi connectivity index (χ1) is 15.4. The number of primary amides is 1. The lowest BCUT2D eigenvalue weighted by Crippen LogP contribution is -2.51. The number of nitrogens with zero attached hydrogens (tertiary/aromatic N) is 1. The molecule has 6 nitrogen and oxygen atoms in total. The zero-order chi connectivity index (χ0) is 23.6. The lowest BCUT2D eigenvalue weighted by Gasteiger charge is -2.41. The van der Waals surface area contributed by atoms with E-state index >= 15 is 0 Å². The maximum atomic E-state index is 13.3. The number of nitrogens with one attached hydrogen (secondary N) is 1. The molecule has 1 aliphatic carbocycles. The van der Waals surface area contributed by atoms with E-state index in [1.54, 1.807) is 18.2 Å². The average molecular weight is 442 g/mol. The van der Waals surface area contributed by atoms with Crippen LogP contribution in [0.15, 0.2) is 54.1 Å². The van der Waals surface area contributed by atoms with Crippen molar-refractivity contribution in [3.8, 4) is 0 Å². The number of hydrogen-bond acceptors (Lipinski definition) is 4. The Kier molecular flexibility index (Phi) is 10.1. The number of rotatable bonds is 13. The number of allylic oxidation sites excluding steroid dienone is 2. The first kappa shape index (κ1) is 25.8. The molecule has 0 aliphatic heterocycles. The highest BCUT2D eigenvalue weighted by Gasteiger charge is 2.47. The summed E-state index contributed by atoms with van der Waals surface area (Å²) in [6.45, 7) is 8.47.